The molecule has 1 radical (unpaired) electrons. The lowest BCUT2D eigenvalue weighted by atomic mass is 9.99. The summed E-state index contributed by atoms with van der Waals surface area (Å²) in [7, 11) is 0. The summed E-state index contributed by atoms with van der Waals surface area (Å²) in [6, 6.07) is 9.50. The number of fused-ring (bicyclic) bond motifs is 1. The SMILES string of the molecule is [c]1ccc2c(c1)CCCNCC2. The highest BCUT2D eigenvalue weighted by Crippen LogP contribution is 2.12. The molecule has 0 aromatic heterocycles. The van der Waals surface area contributed by atoms with Gasteiger partial charge in [-0.15, -0.1) is 0 Å². The molecule has 1 N–H and O–H groups in total. The Kier molecular flexibility index (Phi) is 2.42. The molecule has 0 saturated heterocycles. The van der Waals surface area contributed by atoms with E-state index in [0.29, 0.717) is 0 Å². The van der Waals surface area contributed by atoms with E-state index in [1.54, 1.807) is 0 Å². The molecule has 0 aliphatic carbocycles. The van der Waals surface area contributed by atoms with Crippen LogP contribution in [0.1, 0.15) is 17.5 Å². The van der Waals surface area contributed by atoms with E-state index >= 15 is 0 Å². The molecule has 0 fully saturated rings. The summed E-state index contributed by atoms with van der Waals surface area (Å²) < 4.78 is 0. The first-order valence-corrected chi connectivity index (χ1v) is 4.65. The van der Waals surface area contributed by atoms with Crippen molar-refractivity contribution in [3.05, 3.63) is 35.4 Å². The van der Waals surface area contributed by atoms with Crippen LogP contribution in [0, 0.1) is 6.07 Å². The Morgan fingerprint density at radius 1 is 1.17 bits per heavy atom. The molecule has 12 heavy (non-hydrogen) atoms. The second-order valence-electron chi connectivity index (χ2n) is 3.30. The highest BCUT2D eigenvalue weighted by molar-refractivity contribution is 5.27. The van der Waals surface area contributed by atoms with Crippen molar-refractivity contribution in [3.8, 4) is 0 Å². The number of rotatable bonds is 0. The summed E-state index contributed by atoms with van der Waals surface area (Å²) in [5.41, 5.74) is 3.00. The number of hydrogen-bond acceptors (Lipinski definition) is 1. The molecule has 2 rings (SSSR count). The first kappa shape index (κ1) is 7.81. The van der Waals surface area contributed by atoms with Crippen molar-refractivity contribution in [2.24, 2.45) is 0 Å². The summed E-state index contributed by atoms with van der Waals surface area (Å²) in [6.45, 7) is 2.28. The molecule has 1 aliphatic rings. The van der Waals surface area contributed by atoms with Gasteiger partial charge < -0.3 is 5.32 Å². The highest BCUT2D eigenvalue weighted by Gasteiger charge is 2.04. The maximum Gasteiger partial charge on any atom is -0.000825 e. The van der Waals surface area contributed by atoms with Gasteiger partial charge in [-0.1, -0.05) is 18.2 Å². The molecule has 1 heteroatoms. The molecular formula is C11H14N. The van der Waals surface area contributed by atoms with Gasteiger partial charge in [0.1, 0.15) is 0 Å². The molecule has 1 nitrogen and oxygen atoms in total. The van der Waals surface area contributed by atoms with Crippen LogP contribution in [0.15, 0.2) is 18.2 Å². The van der Waals surface area contributed by atoms with Crippen LogP contribution in [0.5, 0.6) is 0 Å². The fraction of sp³-hybridized carbons (Fsp3) is 0.455. The lowest BCUT2D eigenvalue weighted by molar-refractivity contribution is 0.625. The Morgan fingerprint density at radius 2 is 2.17 bits per heavy atom. The van der Waals surface area contributed by atoms with Crippen molar-refractivity contribution >= 4 is 0 Å². The first-order valence-electron chi connectivity index (χ1n) is 4.65. The zero-order valence-electron chi connectivity index (χ0n) is 7.27. The van der Waals surface area contributed by atoms with Crippen LogP contribution in [-0.4, -0.2) is 13.1 Å². The van der Waals surface area contributed by atoms with Crippen molar-refractivity contribution in [3.63, 3.8) is 0 Å². The fourth-order valence-electron chi connectivity index (χ4n) is 1.73. The summed E-state index contributed by atoms with van der Waals surface area (Å²) >= 11 is 0. The van der Waals surface area contributed by atoms with Crippen LogP contribution < -0.4 is 5.32 Å². The van der Waals surface area contributed by atoms with E-state index in [9.17, 15) is 0 Å². The van der Waals surface area contributed by atoms with E-state index in [1.165, 1.54) is 30.4 Å². The van der Waals surface area contributed by atoms with Crippen LogP contribution in [0.2, 0.25) is 0 Å². The minimum Gasteiger partial charge on any atom is -0.316 e. The second kappa shape index (κ2) is 3.72. The second-order valence-corrected chi connectivity index (χ2v) is 3.30. The minimum absolute atomic E-state index is 1.12. The monoisotopic (exact) mass is 160 g/mol. The fourth-order valence-corrected chi connectivity index (χ4v) is 1.73. The van der Waals surface area contributed by atoms with Gasteiger partial charge in [-0.3, -0.25) is 0 Å². The number of benzene rings is 1. The van der Waals surface area contributed by atoms with Gasteiger partial charge in [0.15, 0.2) is 0 Å². The van der Waals surface area contributed by atoms with E-state index in [2.05, 4.69) is 23.5 Å². The molecular weight excluding hydrogens is 146 g/mol. The van der Waals surface area contributed by atoms with Crippen LogP contribution in [0.3, 0.4) is 0 Å². The smallest absolute Gasteiger partial charge is 0.000825 e. The first-order chi connectivity index (χ1) is 5.97. The van der Waals surface area contributed by atoms with E-state index in [4.69, 9.17) is 0 Å². The van der Waals surface area contributed by atoms with E-state index in [-0.39, 0.29) is 0 Å². The third-order valence-corrected chi connectivity index (χ3v) is 2.42. The molecule has 63 valence electrons. The van der Waals surface area contributed by atoms with Crippen molar-refractivity contribution in [2.75, 3.05) is 13.1 Å². The normalized spacial score (nSPS) is 17.7. The Bertz CT molecular complexity index is 228. The third kappa shape index (κ3) is 1.67. The van der Waals surface area contributed by atoms with Gasteiger partial charge in [-0.05, 0) is 49.5 Å². The zero-order valence-corrected chi connectivity index (χ0v) is 7.27. The Hall–Kier alpha value is -0.820. The minimum atomic E-state index is 1.12. The topological polar surface area (TPSA) is 12.0 Å². The molecule has 1 heterocycles. The summed E-state index contributed by atoms with van der Waals surface area (Å²) in [5.74, 6) is 0. The van der Waals surface area contributed by atoms with Gasteiger partial charge in [-0.25, -0.2) is 0 Å². The Labute approximate surface area is 73.8 Å². The van der Waals surface area contributed by atoms with Gasteiger partial charge >= 0.3 is 0 Å². The van der Waals surface area contributed by atoms with Gasteiger partial charge in [0.05, 0.1) is 0 Å². The molecule has 1 aromatic rings. The summed E-state index contributed by atoms with van der Waals surface area (Å²) in [4.78, 5) is 0. The average Bonchev–Trinajstić information content (AvgIpc) is 2.06. The molecule has 0 amide bonds. The number of hydrogen-bond donors (Lipinski definition) is 1. The van der Waals surface area contributed by atoms with Gasteiger partial charge in [0.2, 0.25) is 0 Å². The maximum atomic E-state index is 3.42. The predicted molar refractivity (Wildman–Crippen MR) is 50.2 cm³/mol. The molecule has 1 aliphatic heterocycles. The lowest BCUT2D eigenvalue weighted by Gasteiger charge is -2.13. The van der Waals surface area contributed by atoms with Crippen LogP contribution >= 0.6 is 0 Å². The molecule has 0 spiro atoms. The molecule has 0 atom stereocenters. The van der Waals surface area contributed by atoms with Crippen molar-refractivity contribution in [1.82, 2.24) is 5.32 Å². The average molecular weight is 160 g/mol. The summed E-state index contributed by atoms with van der Waals surface area (Å²) in [6.07, 6.45) is 3.63. The third-order valence-electron chi connectivity index (χ3n) is 2.42. The lowest BCUT2D eigenvalue weighted by Crippen LogP contribution is -2.21. The van der Waals surface area contributed by atoms with Crippen LogP contribution in [0.25, 0.3) is 0 Å². The molecule has 0 saturated carbocycles. The van der Waals surface area contributed by atoms with Crippen molar-refractivity contribution < 1.29 is 0 Å². The van der Waals surface area contributed by atoms with Gasteiger partial charge in [0, 0.05) is 0 Å². The predicted octanol–water partition coefficient (Wildman–Crippen LogP) is 1.57. The molecule has 0 bridgehead atoms. The zero-order chi connectivity index (χ0) is 8.23. The van der Waals surface area contributed by atoms with Gasteiger partial charge in [0.25, 0.3) is 0 Å². The van der Waals surface area contributed by atoms with Crippen LogP contribution in [0.4, 0.5) is 0 Å². The number of aryl methyl sites for hydroxylation is 1. The highest BCUT2D eigenvalue weighted by atomic mass is 14.8. The Morgan fingerprint density at radius 3 is 3.17 bits per heavy atom. The van der Waals surface area contributed by atoms with E-state index in [1.807, 2.05) is 6.07 Å². The quantitative estimate of drug-likeness (QED) is 0.607. The standard InChI is InChI=1S/C11H14N/c1-2-5-11-7-9-12-8-3-6-10(11)4-1/h2,4-5,12H,3,6-9H2. The van der Waals surface area contributed by atoms with Crippen molar-refractivity contribution in [2.45, 2.75) is 19.3 Å². The number of nitrogens with one attached hydrogen (secondary N) is 1. The molecule has 1 aromatic carbocycles. The maximum absolute atomic E-state index is 3.42. The van der Waals surface area contributed by atoms with E-state index in [0.717, 1.165) is 13.1 Å². The molecule has 0 unspecified atom stereocenters. The van der Waals surface area contributed by atoms with E-state index < -0.39 is 0 Å². The van der Waals surface area contributed by atoms with Crippen molar-refractivity contribution in [1.29, 1.82) is 0 Å². The summed E-state index contributed by atoms with van der Waals surface area (Å²) in [5, 5.41) is 3.42. The largest absolute Gasteiger partial charge is 0.316 e. The Balaban J connectivity index is 2.24. The van der Waals surface area contributed by atoms with Gasteiger partial charge in [-0.2, -0.15) is 0 Å². The van der Waals surface area contributed by atoms with Crippen LogP contribution in [-0.2, 0) is 12.8 Å².